The summed E-state index contributed by atoms with van der Waals surface area (Å²) in [5.41, 5.74) is 0. The van der Waals surface area contributed by atoms with E-state index in [0.29, 0.717) is 12.0 Å². The minimum Gasteiger partial charge on any atom is -0.321 e. The van der Waals surface area contributed by atoms with Crippen molar-refractivity contribution in [1.82, 2.24) is 4.90 Å². The van der Waals surface area contributed by atoms with Gasteiger partial charge < -0.3 is 4.74 Å². The number of hydrogen-bond acceptors (Lipinski definition) is 2. The van der Waals surface area contributed by atoms with Crippen LogP contribution in [-0.2, 0) is 4.74 Å². The second-order valence-corrected chi connectivity index (χ2v) is 4.47. The largest absolute Gasteiger partial charge is 0.345 e. The highest BCUT2D eigenvalue weighted by molar-refractivity contribution is 4.88. The van der Waals surface area contributed by atoms with Gasteiger partial charge in [-0.3, -0.25) is 4.90 Å². The third-order valence-electron chi connectivity index (χ3n) is 3.24. The summed E-state index contributed by atoms with van der Waals surface area (Å²) < 4.78 is 28.3. The smallest absolute Gasteiger partial charge is 0.321 e. The van der Waals surface area contributed by atoms with Crippen LogP contribution in [0.1, 0.15) is 33.6 Å². The summed E-state index contributed by atoms with van der Waals surface area (Å²) in [5, 5.41) is 0. The molecule has 1 saturated heterocycles. The maximum Gasteiger partial charge on any atom is 0.345 e. The van der Waals surface area contributed by atoms with E-state index in [4.69, 9.17) is 0 Å². The Morgan fingerprint density at radius 3 is 2.47 bits per heavy atom. The molecule has 1 heterocycles. The van der Waals surface area contributed by atoms with Crippen molar-refractivity contribution >= 4 is 0 Å². The van der Waals surface area contributed by atoms with Gasteiger partial charge in [0.1, 0.15) is 0 Å². The average Bonchev–Trinajstić information content (AvgIpc) is 2.57. The SMILES string of the molecule is CCN1C(COC(F)F)CCC1C(C)C. The zero-order chi connectivity index (χ0) is 11.4. The lowest BCUT2D eigenvalue weighted by atomic mass is 10.0. The van der Waals surface area contributed by atoms with Crippen LogP contribution >= 0.6 is 0 Å². The normalized spacial score (nSPS) is 28.2. The van der Waals surface area contributed by atoms with Gasteiger partial charge in [0, 0.05) is 12.1 Å². The molecule has 0 saturated carbocycles. The third-order valence-corrected chi connectivity index (χ3v) is 3.24. The van der Waals surface area contributed by atoms with Gasteiger partial charge in [-0.2, -0.15) is 8.78 Å². The van der Waals surface area contributed by atoms with Crippen molar-refractivity contribution in [3.05, 3.63) is 0 Å². The predicted octanol–water partition coefficient (Wildman–Crippen LogP) is 2.73. The van der Waals surface area contributed by atoms with E-state index in [1.54, 1.807) is 0 Å². The zero-order valence-corrected chi connectivity index (χ0v) is 9.75. The summed E-state index contributed by atoms with van der Waals surface area (Å²) in [4.78, 5) is 2.30. The molecule has 0 aromatic carbocycles. The summed E-state index contributed by atoms with van der Waals surface area (Å²) in [5.74, 6) is 0.585. The predicted molar refractivity (Wildman–Crippen MR) is 56.0 cm³/mol. The van der Waals surface area contributed by atoms with Crippen molar-refractivity contribution in [3.8, 4) is 0 Å². The lowest BCUT2D eigenvalue weighted by Gasteiger charge is -2.31. The van der Waals surface area contributed by atoms with Crippen LogP contribution in [0.15, 0.2) is 0 Å². The van der Waals surface area contributed by atoms with Crippen molar-refractivity contribution in [2.24, 2.45) is 5.92 Å². The molecule has 0 bridgehead atoms. The van der Waals surface area contributed by atoms with Crippen molar-refractivity contribution < 1.29 is 13.5 Å². The third kappa shape index (κ3) is 3.38. The molecule has 0 radical (unpaired) electrons. The molecule has 4 heteroatoms. The minimum atomic E-state index is -2.64. The Morgan fingerprint density at radius 1 is 1.33 bits per heavy atom. The Kier molecular flexibility index (Phi) is 4.93. The Hall–Kier alpha value is -0.220. The number of likely N-dealkylation sites (tertiary alicyclic amines) is 1. The van der Waals surface area contributed by atoms with Crippen LogP contribution in [0.4, 0.5) is 8.78 Å². The highest BCUT2D eigenvalue weighted by atomic mass is 19.3. The van der Waals surface area contributed by atoms with E-state index in [0.717, 1.165) is 19.4 Å². The molecule has 2 nitrogen and oxygen atoms in total. The van der Waals surface area contributed by atoms with Gasteiger partial charge in [0.05, 0.1) is 6.61 Å². The number of alkyl halides is 2. The van der Waals surface area contributed by atoms with Crippen LogP contribution in [0.25, 0.3) is 0 Å². The monoisotopic (exact) mass is 221 g/mol. The maximum absolute atomic E-state index is 11.9. The van der Waals surface area contributed by atoms with Crippen LogP contribution in [0.3, 0.4) is 0 Å². The van der Waals surface area contributed by atoms with Gasteiger partial charge in [0.25, 0.3) is 0 Å². The molecule has 1 rings (SSSR count). The molecule has 0 amide bonds. The Morgan fingerprint density at radius 2 is 2.00 bits per heavy atom. The van der Waals surface area contributed by atoms with Gasteiger partial charge >= 0.3 is 6.61 Å². The summed E-state index contributed by atoms with van der Waals surface area (Å²) >= 11 is 0. The summed E-state index contributed by atoms with van der Waals surface area (Å²) in [7, 11) is 0. The van der Waals surface area contributed by atoms with E-state index in [2.05, 4.69) is 30.4 Å². The number of rotatable bonds is 5. The molecule has 0 aromatic rings. The Balaban J connectivity index is 2.45. The molecule has 2 unspecified atom stereocenters. The molecule has 0 aliphatic carbocycles. The van der Waals surface area contributed by atoms with Crippen LogP contribution in [0.5, 0.6) is 0 Å². The quantitative estimate of drug-likeness (QED) is 0.707. The molecular formula is C11H21F2NO. The van der Waals surface area contributed by atoms with E-state index in [1.807, 2.05) is 0 Å². The number of halogens is 2. The first-order valence-corrected chi connectivity index (χ1v) is 5.71. The van der Waals surface area contributed by atoms with Crippen LogP contribution in [0, 0.1) is 5.92 Å². The fourth-order valence-electron chi connectivity index (χ4n) is 2.54. The topological polar surface area (TPSA) is 12.5 Å². The summed E-state index contributed by atoms with van der Waals surface area (Å²) in [6.07, 6.45) is 2.08. The Bertz CT molecular complexity index is 187. The fraction of sp³-hybridized carbons (Fsp3) is 1.00. The molecular weight excluding hydrogens is 200 g/mol. The van der Waals surface area contributed by atoms with Crippen molar-refractivity contribution in [2.45, 2.75) is 52.3 Å². The Labute approximate surface area is 90.6 Å². The van der Waals surface area contributed by atoms with Gasteiger partial charge in [-0.25, -0.2) is 0 Å². The van der Waals surface area contributed by atoms with Crippen LogP contribution < -0.4 is 0 Å². The van der Waals surface area contributed by atoms with E-state index >= 15 is 0 Å². The first kappa shape index (κ1) is 12.8. The molecule has 0 N–H and O–H groups in total. The lowest BCUT2D eigenvalue weighted by Crippen LogP contribution is -2.41. The second kappa shape index (κ2) is 5.75. The molecule has 1 aliphatic heterocycles. The van der Waals surface area contributed by atoms with E-state index in [1.165, 1.54) is 0 Å². The van der Waals surface area contributed by atoms with Gasteiger partial charge in [-0.1, -0.05) is 20.8 Å². The van der Waals surface area contributed by atoms with Crippen LogP contribution in [-0.4, -0.2) is 36.7 Å². The van der Waals surface area contributed by atoms with Crippen LogP contribution in [0.2, 0.25) is 0 Å². The molecule has 1 aliphatic rings. The molecule has 2 atom stereocenters. The number of hydrogen-bond donors (Lipinski definition) is 0. The van der Waals surface area contributed by atoms with Crippen molar-refractivity contribution in [2.75, 3.05) is 13.2 Å². The van der Waals surface area contributed by atoms with Gasteiger partial charge in [0.15, 0.2) is 0 Å². The molecule has 0 spiro atoms. The number of ether oxygens (including phenoxy) is 1. The molecule has 0 aromatic heterocycles. The summed E-state index contributed by atoms with van der Waals surface area (Å²) in [6, 6.07) is 0.706. The lowest BCUT2D eigenvalue weighted by molar-refractivity contribution is -0.140. The molecule has 15 heavy (non-hydrogen) atoms. The standard InChI is InChI=1S/C11H21F2NO/c1-4-14-9(7-15-11(12)13)5-6-10(14)8(2)3/h8-11H,4-7H2,1-3H3. The minimum absolute atomic E-state index is 0.161. The number of likely N-dealkylation sites (N-methyl/N-ethyl adjacent to an activating group) is 1. The van der Waals surface area contributed by atoms with Gasteiger partial charge in [0.2, 0.25) is 0 Å². The average molecular weight is 221 g/mol. The number of nitrogens with zero attached hydrogens (tertiary/aromatic N) is 1. The molecule has 90 valence electrons. The van der Waals surface area contributed by atoms with E-state index in [-0.39, 0.29) is 12.6 Å². The fourth-order valence-corrected chi connectivity index (χ4v) is 2.54. The highest BCUT2D eigenvalue weighted by Crippen LogP contribution is 2.29. The zero-order valence-electron chi connectivity index (χ0n) is 9.75. The second-order valence-electron chi connectivity index (χ2n) is 4.47. The van der Waals surface area contributed by atoms with Crippen molar-refractivity contribution in [1.29, 1.82) is 0 Å². The van der Waals surface area contributed by atoms with E-state index < -0.39 is 6.61 Å². The van der Waals surface area contributed by atoms with Gasteiger partial charge in [-0.15, -0.1) is 0 Å². The van der Waals surface area contributed by atoms with E-state index in [9.17, 15) is 8.78 Å². The molecule has 1 fully saturated rings. The highest BCUT2D eigenvalue weighted by Gasteiger charge is 2.34. The maximum atomic E-state index is 11.9. The summed E-state index contributed by atoms with van der Waals surface area (Å²) in [6.45, 7) is 4.89. The first-order chi connectivity index (χ1) is 7.06. The van der Waals surface area contributed by atoms with Crippen molar-refractivity contribution in [3.63, 3.8) is 0 Å². The first-order valence-electron chi connectivity index (χ1n) is 5.71. The van der Waals surface area contributed by atoms with Gasteiger partial charge in [-0.05, 0) is 25.3 Å².